The molecule has 4 aromatic carbocycles. The SMILES string of the molecule is Cc1cccc2c(O)cc3c(c12)C(CCl)CN3C(=O)C=Cc1cc2cc(NC(=O)c3ccc(O)cc3)ccc2[nH]1. The second kappa shape index (κ2) is 10.1. The molecule has 0 saturated carbocycles. The Bertz CT molecular complexity index is 1820. The zero-order valence-electron chi connectivity index (χ0n) is 21.6. The molecule has 8 heteroatoms. The van der Waals surface area contributed by atoms with Gasteiger partial charge in [-0.3, -0.25) is 9.59 Å². The number of rotatable bonds is 5. The van der Waals surface area contributed by atoms with E-state index < -0.39 is 0 Å². The van der Waals surface area contributed by atoms with Crippen LogP contribution in [-0.2, 0) is 4.79 Å². The number of halogens is 1. The number of alkyl halides is 1. The lowest BCUT2D eigenvalue weighted by molar-refractivity contribution is -0.114. The Labute approximate surface area is 235 Å². The second-order valence-corrected chi connectivity index (χ2v) is 10.3. The molecule has 0 bridgehead atoms. The fourth-order valence-electron chi connectivity index (χ4n) is 5.42. The van der Waals surface area contributed by atoms with Crippen LogP contribution in [0.1, 0.15) is 33.1 Å². The van der Waals surface area contributed by atoms with Gasteiger partial charge in [0.1, 0.15) is 11.5 Å². The lowest BCUT2D eigenvalue weighted by Crippen LogP contribution is -2.28. The van der Waals surface area contributed by atoms with Crippen LogP contribution in [0.3, 0.4) is 0 Å². The summed E-state index contributed by atoms with van der Waals surface area (Å²) in [4.78, 5) is 30.8. The normalized spacial score (nSPS) is 14.8. The Morgan fingerprint density at radius 3 is 2.65 bits per heavy atom. The van der Waals surface area contributed by atoms with Crippen molar-refractivity contribution in [3.05, 3.63) is 101 Å². The minimum absolute atomic E-state index is 0.0403. The van der Waals surface area contributed by atoms with Gasteiger partial charge in [-0.2, -0.15) is 0 Å². The van der Waals surface area contributed by atoms with E-state index in [1.807, 2.05) is 43.3 Å². The van der Waals surface area contributed by atoms with E-state index >= 15 is 0 Å². The number of aromatic nitrogens is 1. The molecule has 7 nitrogen and oxygen atoms in total. The molecule has 2 heterocycles. The summed E-state index contributed by atoms with van der Waals surface area (Å²) in [5, 5.41) is 25.6. The topological polar surface area (TPSA) is 106 Å². The Morgan fingerprint density at radius 2 is 1.88 bits per heavy atom. The predicted octanol–water partition coefficient (Wildman–Crippen LogP) is 6.68. The Morgan fingerprint density at radius 1 is 1.07 bits per heavy atom. The van der Waals surface area contributed by atoms with Crippen LogP contribution in [0.15, 0.2) is 78.9 Å². The molecule has 0 fully saturated rings. The molecule has 5 aromatic rings. The maximum atomic E-state index is 13.4. The van der Waals surface area contributed by atoms with Crippen molar-refractivity contribution in [3.63, 3.8) is 0 Å². The number of amides is 2. The maximum absolute atomic E-state index is 13.4. The van der Waals surface area contributed by atoms with Crippen LogP contribution in [0, 0.1) is 6.92 Å². The maximum Gasteiger partial charge on any atom is 0.255 e. The van der Waals surface area contributed by atoms with Crippen molar-refractivity contribution < 1.29 is 19.8 Å². The fraction of sp³-hybridized carbons (Fsp3) is 0.125. The summed E-state index contributed by atoms with van der Waals surface area (Å²) in [5.74, 6) is 0.0683. The van der Waals surface area contributed by atoms with Crippen LogP contribution in [0.5, 0.6) is 11.5 Å². The lowest BCUT2D eigenvalue weighted by Gasteiger charge is -2.17. The zero-order chi connectivity index (χ0) is 28.0. The quantitative estimate of drug-likeness (QED) is 0.144. The van der Waals surface area contributed by atoms with E-state index in [1.54, 1.807) is 35.2 Å². The summed E-state index contributed by atoms with van der Waals surface area (Å²) in [6.45, 7) is 2.43. The summed E-state index contributed by atoms with van der Waals surface area (Å²) < 4.78 is 0. The van der Waals surface area contributed by atoms with Crippen molar-refractivity contribution in [2.45, 2.75) is 12.8 Å². The average molecular weight is 552 g/mol. The molecule has 0 radical (unpaired) electrons. The van der Waals surface area contributed by atoms with Gasteiger partial charge in [-0.25, -0.2) is 0 Å². The van der Waals surface area contributed by atoms with Crippen molar-refractivity contribution in [1.29, 1.82) is 0 Å². The van der Waals surface area contributed by atoms with Gasteiger partial charge >= 0.3 is 0 Å². The van der Waals surface area contributed by atoms with Crippen LogP contribution in [0.25, 0.3) is 27.8 Å². The van der Waals surface area contributed by atoms with E-state index in [4.69, 9.17) is 11.6 Å². The number of phenols is 2. The largest absolute Gasteiger partial charge is 0.508 e. The first-order valence-electron chi connectivity index (χ1n) is 12.9. The molecule has 0 spiro atoms. The summed E-state index contributed by atoms with van der Waals surface area (Å²) in [7, 11) is 0. The van der Waals surface area contributed by atoms with E-state index in [0.717, 1.165) is 38.5 Å². The number of anilines is 2. The number of aromatic amines is 1. The van der Waals surface area contributed by atoms with Crippen LogP contribution >= 0.6 is 11.6 Å². The molecule has 1 aliphatic rings. The number of aryl methyl sites for hydroxylation is 1. The zero-order valence-corrected chi connectivity index (χ0v) is 22.4. The molecule has 200 valence electrons. The minimum Gasteiger partial charge on any atom is -0.508 e. The number of carbonyl (C=O) groups is 2. The van der Waals surface area contributed by atoms with E-state index in [1.165, 1.54) is 18.2 Å². The Balaban J connectivity index is 1.24. The standard InChI is InChI=1S/C32H26ClN3O4/c1-18-3-2-4-25-28(38)15-27-31(30(18)25)21(16-33)17-36(27)29(39)12-8-22-13-20-14-23(7-11-26(20)34-22)35-32(40)19-5-9-24(37)10-6-19/h2-15,21,34,37-38H,16-17H2,1H3,(H,35,40). The molecule has 1 aromatic heterocycles. The van der Waals surface area contributed by atoms with Gasteiger partial charge in [0.15, 0.2) is 0 Å². The van der Waals surface area contributed by atoms with E-state index in [9.17, 15) is 19.8 Å². The molecule has 6 rings (SSSR count). The number of fused-ring (bicyclic) bond motifs is 4. The predicted molar refractivity (Wildman–Crippen MR) is 160 cm³/mol. The number of nitrogens with one attached hydrogen (secondary N) is 2. The number of phenolic OH excluding ortho intramolecular Hbond substituents is 2. The van der Waals surface area contributed by atoms with Crippen LogP contribution in [-0.4, -0.2) is 39.4 Å². The van der Waals surface area contributed by atoms with Gasteiger partial charge in [0.25, 0.3) is 11.8 Å². The number of benzene rings is 4. The second-order valence-electron chi connectivity index (χ2n) is 9.99. The van der Waals surface area contributed by atoms with Gasteiger partial charge in [-0.05, 0) is 78.0 Å². The first-order valence-corrected chi connectivity index (χ1v) is 13.4. The van der Waals surface area contributed by atoms with Crippen molar-refractivity contribution in [3.8, 4) is 11.5 Å². The van der Waals surface area contributed by atoms with Crippen molar-refractivity contribution >= 4 is 62.5 Å². The monoisotopic (exact) mass is 551 g/mol. The van der Waals surface area contributed by atoms with E-state index in [0.29, 0.717) is 29.4 Å². The molecular formula is C32H26ClN3O4. The molecule has 1 atom stereocenters. The summed E-state index contributed by atoms with van der Waals surface area (Å²) in [6, 6.07) is 20.9. The molecule has 4 N–H and O–H groups in total. The summed E-state index contributed by atoms with van der Waals surface area (Å²) in [6.07, 6.45) is 3.23. The van der Waals surface area contributed by atoms with Gasteiger partial charge < -0.3 is 25.4 Å². The van der Waals surface area contributed by atoms with Gasteiger partial charge in [0.2, 0.25) is 0 Å². The first-order chi connectivity index (χ1) is 19.3. The van der Waals surface area contributed by atoms with Crippen molar-refractivity contribution in [1.82, 2.24) is 4.98 Å². The first kappa shape index (κ1) is 25.5. The van der Waals surface area contributed by atoms with E-state index in [2.05, 4.69) is 10.3 Å². The number of hydrogen-bond donors (Lipinski definition) is 4. The van der Waals surface area contributed by atoms with Gasteiger partial charge in [-0.15, -0.1) is 11.6 Å². The van der Waals surface area contributed by atoms with Gasteiger partial charge in [0, 0.05) is 63.7 Å². The highest BCUT2D eigenvalue weighted by atomic mass is 35.5. The smallest absolute Gasteiger partial charge is 0.255 e. The highest BCUT2D eigenvalue weighted by Gasteiger charge is 2.34. The third-order valence-electron chi connectivity index (χ3n) is 7.36. The molecule has 0 saturated heterocycles. The number of H-pyrrole nitrogens is 1. The molecule has 1 aliphatic heterocycles. The van der Waals surface area contributed by atoms with Crippen LogP contribution < -0.4 is 10.2 Å². The Kier molecular flexibility index (Phi) is 6.44. The lowest BCUT2D eigenvalue weighted by atomic mass is 9.92. The average Bonchev–Trinajstić information content (AvgIpc) is 3.53. The molecule has 0 aliphatic carbocycles. The third-order valence-corrected chi connectivity index (χ3v) is 7.73. The van der Waals surface area contributed by atoms with Crippen LogP contribution in [0.4, 0.5) is 11.4 Å². The van der Waals surface area contributed by atoms with Gasteiger partial charge in [0.05, 0.1) is 5.69 Å². The number of nitrogens with zero attached hydrogens (tertiary/aromatic N) is 1. The fourth-order valence-corrected chi connectivity index (χ4v) is 5.67. The number of aromatic hydroxyl groups is 2. The number of carbonyl (C=O) groups excluding carboxylic acids is 2. The molecular weight excluding hydrogens is 526 g/mol. The minimum atomic E-state index is -0.282. The Hall–Kier alpha value is -4.75. The van der Waals surface area contributed by atoms with Crippen molar-refractivity contribution in [2.75, 3.05) is 22.6 Å². The summed E-state index contributed by atoms with van der Waals surface area (Å²) >= 11 is 6.34. The van der Waals surface area contributed by atoms with Crippen molar-refractivity contribution in [2.24, 2.45) is 0 Å². The summed E-state index contributed by atoms with van der Waals surface area (Å²) in [5.41, 5.74) is 5.36. The van der Waals surface area contributed by atoms with Crippen LogP contribution in [0.2, 0.25) is 0 Å². The molecule has 2 amide bonds. The highest BCUT2D eigenvalue weighted by molar-refractivity contribution is 6.19. The third kappa shape index (κ3) is 4.54. The van der Waals surface area contributed by atoms with E-state index in [-0.39, 0.29) is 29.2 Å². The van der Waals surface area contributed by atoms with Gasteiger partial charge in [-0.1, -0.05) is 18.2 Å². The number of hydrogen-bond acceptors (Lipinski definition) is 4. The molecule has 1 unspecified atom stereocenters. The molecule has 40 heavy (non-hydrogen) atoms. The highest BCUT2D eigenvalue weighted by Crippen LogP contribution is 2.46.